The maximum absolute atomic E-state index is 12.6. The van der Waals surface area contributed by atoms with Crippen LogP contribution in [0.4, 0.5) is 11.6 Å². The summed E-state index contributed by atoms with van der Waals surface area (Å²) in [6.45, 7) is 17.4. The zero-order valence-electron chi connectivity index (χ0n) is 53.8. The van der Waals surface area contributed by atoms with Crippen molar-refractivity contribution in [3.05, 3.63) is 125 Å². The van der Waals surface area contributed by atoms with Gasteiger partial charge in [-0.25, -0.2) is 32.9 Å². The molecule has 0 bridgehead atoms. The molecule has 0 aliphatic heterocycles. The standard InChI is InChI=1S/C20H24N4O.C19H21N3O2.C15H15IN4O3S.C15H14IN3O.CH4/c1-11-18(12(2)25-24-11)14-9-16(21-15-5-3-4-6-15)19-17(10-14)22-20(23-19)13-7-8-13;1-5-16(23)14-8-13(17-10(2)21-24-11(17)3)9-15-18(14)22(4)19(20-15)12-6-7-12;1-7-13(8(2)23-19-7)9-5-11(16)14-12(6-9)17-15(18-14)20-24(21,22)10-3-4-10;1-7-13(8(2)20-19-7)10-5-11(16)14-12(6-10)17-15(18-14)9-3-4-9;/h9-10,13,15,21H,3-8H2,1-2H3,(H,22,23);8-9,12H,5-7H2,1-4H3;5-6,10H,3-4H2,1-2H3,(H2,17,18,20);5-6,9H,3-4H2,1-2H3,(H,17,18);1H4/p+1. The van der Waals surface area contributed by atoms with Gasteiger partial charge in [-0.05, 0) is 236 Å². The number of hydrogen-bond donors (Lipinski definition) is 6. The summed E-state index contributed by atoms with van der Waals surface area (Å²) in [5.74, 6) is 9.00. The molecular formula is C70H79I2N14O7S+. The van der Waals surface area contributed by atoms with Crippen molar-refractivity contribution in [2.75, 3.05) is 10.0 Å². The molecule has 490 valence electrons. The van der Waals surface area contributed by atoms with Gasteiger partial charge in [0.1, 0.15) is 51.2 Å². The molecule has 6 N–H and O–H groups in total. The maximum atomic E-state index is 12.6. The van der Waals surface area contributed by atoms with Gasteiger partial charge in [-0.2, -0.15) is 0 Å². The maximum Gasteiger partial charge on any atom is 0.258 e. The average Bonchev–Trinajstić information content (AvgIpc) is 1.60. The molecule has 5 aliphatic carbocycles. The number of benzene rings is 4. The van der Waals surface area contributed by atoms with E-state index in [9.17, 15) is 13.2 Å². The van der Waals surface area contributed by atoms with Crippen LogP contribution in [0.5, 0.6) is 0 Å². The number of rotatable bonds is 14. The molecule has 4 aromatic carbocycles. The third-order valence-corrected chi connectivity index (χ3v) is 22.0. The number of imidazole rings is 4. The van der Waals surface area contributed by atoms with Crippen LogP contribution >= 0.6 is 45.2 Å². The van der Waals surface area contributed by atoms with Crippen molar-refractivity contribution in [2.24, 2.45) is 7.05 Å². The van der Waals surface area contributed by atoms with E-state index in [2.05, 4.69) is 143 Å². The van der Waals surface area contributed by atoms with E-state index in [-0.39, 0.29) is 24.4 Å². The van der Waals surface area contributed by atoms with Crippen LogP contribution in [0.25, 0.3) is 88.6 Å². The molecule has 21 nitrogen and oxygen atoms in total. The van der Waals surface area contributed by atoms with Crippen molar-refractivity contribution in [1.29, 1.82) is 0 Å². The van der Waals surface area contributed by atoms with Gasteiger partial charge < -0.3 is 38.4 Å². The van der Waals surface area contributed by atoms with Gasteiger partial charge in [0.2, 0.25) is 16.0 Å². The largest absolute Gasteiger partial charge is 0.380 e. The Kier molecular flexibility index (Phi) is 17.8. The van der Waals surface area contributed by atoms with Crippen molar-refractivity contribution in [1.82, 2.24) is 55.5 Å². The summed E-state index contributed by atoms with van der Waals surface area (Å²) in [5.41, 5.74) is 21.7. The zero-order valence-corrected chi connectivity index (χ0v) is 58.9. The molecule has 5 aliphatic rings. The second kappa shape index (κ2) is 25.8. The Balaban J connectivity index is 0.000000114. The number of nitrogens with one attached hydrogen (secondary N) is 6. The molecule has 0 saturated heterocycles. The number of aromatic nitrogens is 12. The number of H-pyrrole nitrogens is 4. The second-order valence-corrected chi connectivity index (χ2v) is 30.1. The third kappa shape index (κ3) is 13.0. The molecular weight excluding hydrogens is 1430 g/mol. The molecule has 94 heavy (non-hydrogen) atoms. The van der Waals surface area contributed by atoms with E-state index in [1.54, 1.807) is 0 Å². The quantitative estimate of drug-likeness (QED) is 0.0335. The predicted molar refractivity (Wildman–Crippen MR) is 382 cm³/mol. The molecule has 0 radical (unpaired) electrons. The van der Waals surface area contributed by atoms with E-state index in [0.717, 1.165) is 161 Å². The Bertz CT molecular complexity index is 4920. The first-order valence-electron chi connectivity index (χ1n) is 32.2. The Morgan fingerprint density at radius 2 is 0.968 bits per heavy atom. The zero-order chi connectivity index (χ0) is 64.9. The first kappa shape index (κ1) is 65.0. The van der Waals surface area contributed by atoms with Crippen molar-refractivity contribution in [3.63, 3.8) is 0 Å². The highest BCUT2D eigenvalue weighted by molar-refractivity contribution is 14.1. The average molecular weight is 1510 g/mol. The number of ketones is 1. The van der Waals surface area contributed by atoms with E-state index in [1.165, 1.54) is 73.6 Å². The molecule has 12 aromatic rings. The van der Waals surface area contributed by atoms with E-state index in [1.807, 2.05) is 80.5 Å². The van der Waals surface area contributed by atoms with Crippen LogP contribution in [-0.4, -0.2) is 81.0 Å². The lowest BCUT2D eigenvalue weighted by molar-refractivity contribution is -0.653. The molecule has 5 fully saturated rings. The van der Waals surface area contributed by atoms with Gasteiger partial charge in [0, 0.05) is 53.7 Å². The molecule has 0 unspecified atom stereocenters. The van der Waals surface area contributed by atoms with Gasteiger partial charge in [0.05, 0.1) is 68.8 Å². The minimum atomic E-state index is -3.34. The number of fused-ring (bicyclic) bond motifs is 4. The van der Waals surface area contributed by atoms with Crippen LogP contribution in [0, 0.1) is 62.5 Å². The first-order chi connectivity index (χ1) is 44.7. The molecule has 17 rings (SSSR count). The lowest BCUT2D eigenvalue weighted by atomic mass is 9.98. The summed E-state index contributed by atoms with van der Waals surface area (Å²) < 4.78 is 52.2. The highest BCUT2D eigenvalue weighted by Gasteiger charge is 2.38. The number of sulfonamides is 1. The fourth-order valence-electron chi connectivity index (χ4n) is 13.2. The van der Waals surface area contributed by atoms with Gasteiger partial charge >= 0.3 is 0 Å². The van der Waals surface area contributed by atoms with Gasteiger partial charge in [-0.1, -0.05) is 47.8 Å². The molecule has 24 heteroatoms. The van der Waals surface area contributed by atoms with Crippen LogP contribution in [0.2, 0.25) is 0 Å². The summed E-state index contributed by atoms with van der Waals surface area (Å²) in [4.78, 5) is 40.3. The number of Topliss-reactive ketones (excluding diaryl/α,β-unsaturated/α-hetero) is 1. The third-order valence-electron chi connectivity index (χ3n) is 18.5. The fourth-order valence-corrected chi connectivity index (χ4v) is 16.0. The summed E-state index contributed by atoms with van der Waals surface area (Å²) in [6, 6.07) is 17.3. The van der Waals surface area contributed by atoms with Crippen molar-refractivity contribution >= 4 is 117 Å². The minimum Gasteiger partial charge on any atom is -0.380 e. The van der Waals surface area contributed by atoms with E-state index >= 15 is 0 Å². The number of hydrogen-bond acceptors (Lipinski definition) is 15. The number of aryl methyl sites for hydroxylation is 9. The van der Waals surface area contributed by atoms with Crippen molar-refractivity contribution in [3.8, 4) is 44.5 Å². The van der Waals surface area contributed by atoms with Crippen molar-refractivity contribution in [2.45, 2.75) is 182 Å². The summed E-state index contributed by atoms with van der Waals surface area (Å²) >= 11 is 4.55. The lowest BCUT2D eigenvalue weighted by Gasteiger charge is -2.15. The lowest BCUT2D eigenvalue weighted by Crippen LogP contribution is -2.32. The number of nitrogens with zero attached hydrogens (tertiary/aromatic N) is 8. The highest BCUT2D eigenvalue weighted by atomic mass is 127. The minimum absolute atomic E-state index is 0. The van der Waals surface area contributed by atoms with Crippen LogP contribution in [0.15, 0.2) is 66.6 Å². The topological polar surface area (TPSA) is 285 Å². The van der Waals surface area contributed by atoms with Gasteiger partial charge in [0.15, 0.2) is 16.8 Å². The van der Waals surface area contributed by atoms with Crippen molar-refractivity contribution < 1.29 is 35.9 Å². The number of carbonyl (C=O) groups excluding carboxylic acids is 1. The molecule has 5 saturated carbocycles. The molecule has 0 spiro atoms. The highest BCUT2D eigenvalue weighted by Crippen LogP contribution is 2.44. The number of carbonyl (C=O) groups is 1. The molecule has 8 heterocycles. The van der Waals surface area contributed by atoms with Gasteiger partial charge in [-0.15, -0.1) is 0 Å². The molecule has 8 aromatic heterocycles. The van der Waals surface area contributed by atoms with Crippen LogP contribution in [0.3, 0.4) is 0 Å². The smallest absolute Gasteiger partial charge is 0.258 e. The summed E-state index contributed by atoms with van der Waals surface area (Å²) in [7, 11) is -1.29. The fraction of sp³-hybridized carbons (Fsp3) is 0.414. The van der Waals surface area contributed by atoms with Crippen LogP contribution < -0.4 is 14.6 Å². The molecule has 0 amide bonds. The summed E-state index contributed by atoms with van der Waals surface area (Å²) in [5, 5.41) is 19.7. The van der Waals surface area contributed by atoms with Gasteiger partial charge in [-0.3, -0.25) is 9.52 Å². The normalized spacial score (nSPS) is 15.7. The second-order valence-electron chi connectivity index (χ2n) is 25.8. The monoisotopic (exact) mass is 1510 g/mol. The van der Waals surface area contributed by atoms with E-state index < -0.39 is 10.0 Å². The van der Waals surface area contributed by atoms with Crippen LogP contribution in [0.1, 0.15) is 189 Å². The SMILES string of the molecule is C.CCC(=O)c1cc(-c2c(C)noc2C)cc2[nH]c(C3CC3)[n+](C)c12.Cc1noc(C)c1-c1cc(I)c2nc(C3CC3)[nH]c2c1.Cc1noc(C)c1-c1cc(I)c2nc(NS(=O)(=O)C3CC3)[nH]c2c1.Cc1noc(C)c1-c1cc(NC2CCCC2)c2nc(C3CC3)[nH]c2c1. The first-order valence-corrected chi connectivity index (χ1v) is 35.9. The van der Waals surface area contributed by atoms with Crippen LogP contribution in [-0.2, 0) is 17.1 Å². The Hall–Kier alpha value is -7.72. The van der Waals surface area contributed by atoms with E-state index in [4.69, 9.17) is 28.1 Å². The Labute approximate surface area is 572 Å². The Morgan fingerprint density at radius 3 is 1.41 bits per heavy atom. The number of anilines is 2. The summed E-state index contributed by atoms with van der Waals surface area (Å²) in [6.07, 6.45) is 14.5. The number of aromatic amines is 4. The van der Waals surface area contributed by atoms with E-state index in [0.29, 0.717) is 43.1 Å². The van der Waals surface area contributed by atoms with Gasteiger partial charge in [0.25, 0.3) is 5.82 Å². The predicted octanol–water partition coefficient (Wildman–Crippen LogP) is 17.1. The number of halogens is 2. The molecule has 0 atom stereocenters. The Morgan fingerprint density at radius 1 is 0.543 bits per heavy atom.